The summed E-state index contributed by atoms with van der Waals surface area (Å²) in [7, 11) is 0. The number of aromatic nitrogens is 6. The predicted molar refractivity (Wildman–Crippen MR) is 106 cm³/mol. The number of hydrogen-bond donors (Lipinski definition) is 2. The molecule has 148 valence electrons. The fraction of sp³-hybridized carbons (Fsp3) is 0.600. The molecule has 2 N–H and O–H groups in total. The highest BCUT2D eigenvalue weighted by Gasteiger charge is 2.23. The number of nitrogens with one attached hydrogen (secondary N) is 1. The lowest BCUT2D eigenvalue weighted by atomic mass is 9.87. The average Bonchev–Trinajstić information content (AvgIpc) is 3.38. The van der Waals surface area contributed by atoms with Crippen molar-refractivity contribution in [2.45, 2.75) is 75.9 Å². The van der Waals surface area contributed by atoms with Gasteiger partial charge in [0, 0.05) is 12.1 Å². The normalized spacial score (nSPS) is 23.9. The van der Waals surface area contributed by atoms with Crippen molar-refractivity contribution in [2.75, 3.05) is 5.32 Å². The van der Waals surface area contributed by atoms with Gasteiger partial charge >= 0.3 is 0 Å². The molecule has 0 aliphatic heterocycles. The molecule has 0 aromatic carbocycles. The third-order valence-corrected chi connectivity index (χ3v) is 6.16. The number of hydrogen-bond acceptors (Lipinski definition) is 6. The fourth-order valence-electron chi connectivity index (χ4n) is 4.64. The van der Waals surface area contributed by atoms with Crippen LogP contribution in [0.5, 0.6) is 0 Å². The lowest BCUT2D eigenvalue weighted by molar-refractivity contribution is 0.100. The maximum Gasteiger partial charge on any atom is 0.198 e. The summed E-state index contributed by atoms with van der Waals surface area (Å²) in [5.74, 6) is 1.22. The minimum Gasteiger partial charge on any atom is -0.393 e. The second-order valence-electron chi connectivity index (χ2n) is 8.19. The van der Waals surface area contributed by atoms with Gasteiger partial charge in [0.25, 0.3) is 0 Å². The van der Waals surface area contributed by atoms with Gasteiger partial charge in [-0.05, 0) is 38.5 Å². The van der Waals surface area contributed by atoms with Gasteiger partial charge in [-0.15, -0.1) is 0 Å². The van der Waals surface area contributed by atoms with Crippen molar-refractivity contribution in [3.05, 3.63) is 30.6 Å². The van der Waals surface area contributed by atoms with Crippen LogP contribution in [-0.4, -0.2) is 40.6 Å². The van der Waals surface area contributed by atoms with Gasteiger partial charge in [0.05, 0.1) is 35.9 Å². The fourth-order valence-corrected chi connectivity index (χ4v) is 4.64. The summed E-state index contributed by atoms with van der Waals surface area (Å²) in [5, 5.41) is 22.2. The van der Waals surface area contributed by atoms with Gasteiger partial charge in [-0.1, -0.05) is 19.3 Å². The van der Waals surface area contributed by atoms with Crippen LogP contribution < -0.4 is 5.32 Å². The third-order valence-electron chi connectivity index (χ3n) is 6.16. The van der Waals surface area contributed by atoms with Crippen LogP contribution in [0.15, 0.2) is 24.9 Å². The van der Waals surface area contributed by atoms with Crippen LogP contribution in [-0.2, 0) is 0 Å². The Morgan fingerprint density at radius 1 is 1.00 bits per heavy atom. The summed E-state index contributed by atoms with van der Waals surface area (Å²) in [5.41, 5.74) is 2.70. The van der Waals surface area contributed by atoms with E-state index < -0.39 is 0 Å². The first-order chi connectivity index (χ1) is 13.8. The summed E-state index contributed by atoms with van der Waals surface area (Å²) in [6.07, 6.45) is 17.2. The first-order valence-electron chi connectivity index (χ1n) is 10.5. The molecule has 5 rings (SSSR count). The molecular weight excluding hydrogens is 354 g/mol. The molecule has 2 aliphatic carbocycles. The lowest BCUT2D eigenvalue weighted by Gasteiger charge is -2.25. The van der Waals surface area contributed by atoms with Gasteiger partial charge in [-0.2, -0.15) is 10.2 Å². The molecule has 3 heterocycles. The smallest absolute Gasteiger partial charge is 0.198 e. The van der Waals surface area contributed by atoms with E-state index in [0.29, 0.717) is 5.92 Å². The zero-order chi connectivity index (χ0) is 18.9. The van der Waals surface area contributed by atoms with Gasteiger partial charge in [-0.25, -0.2) is 14.5 Å². The standard InChI is InChI=1S/C20H27N7O/c28-17-8-4-7-16(9-17)26-11-15(10-22-26)24-19-20-21-13-23-27(20)12-18(25-19)14-5-2-1-3-6-14/h10-14,16-17,28H,1-9H2,(H,24,25)/t16-,17+/m1/s1. The molecule has 0 unspecified atom stereocenters. The summed E-state index contributed by atoms with van der Waals surface area (Å²) in [6, 6.07) is 0.258. The zero-order valence-electron chi connectivity index (χ0n) is 16.0. The molecule has 2 fully saturated rings. The Hall–Kier alpha value is -2.48. The molecule has 3 aromatic heterocycles. The van der Waals surface area contributed by atoms with Crippen LogP contribution in [0.25, 0.3) is 5.65 Å². The monoisotopic (exact) mass is 381 g/mol. The Morgan fingerprint density at radius 3 is 2.75 bits per heavy atom. The Labute approximate surface area is 164 Å². The highest BCUT2D eigenvalue weighted by Crippen LogP contribution is 2.33. The van der Waals surface area contributed by atoms with E-state index in [1.165, 1.54) is 32.1 Å². The largest absolute Gasteiger partial charge is 0.393 e. The van der Waals surface area contributed by atoms with Crippen LogP contribution >= 0.6 is 0 Å². The van der Waals surface area contributed by atoms with E-state index in [2.05, 4.69) is 20.5 Å². The maximum absolute atomic E-state index is 9.95. The number of nitrogens with zero attached hydrogens (tertiary/aromatic N) is 6. The van der Waals surface area contributed by atoms with E-state index in [1.807, 2.05) is 27.8 Å². The van der Waals surface area contributed by atoms with E-state index in [0.717, 1.165) is 48.5 Å². The van der Waals surface area contributed by atoms with Crippen molar-refractivity contribution in [3.8, 4) is 0 Å². The molecule has 3 aromatic rings. The molecular formula is C20H27N7O. The topological polar surface area (TPSA) is 93.2 Å². The molecule has 0 saturated heterocycles. The first-order valence-corrected chi connectivity index (χ1v) is 10.5. The lowest BCUT2D eigenvalue weighted by Crippen LogP contribution is -2.22. The van der Waals surface area contributed by atoms with E-state index >= 15 is 0 Å². The van der Waals surface area contributed by atoms with Gasteiger partial charge in [-0.3, -0.25) is 4.68 Å². The molecule has 2 saturated carbocycles. The van der Waals surface area contributed by atoms with Crippen molar-refractivity contribution in [2.24, 2.45) is 0 Å². The van der Waals surface area contributed by atoms with Crippen LogP contribution in [0.2, 0.25) is 0 Å². The van der Waals surface area contributed by atoms with Gasteiger partial charge in [0.1, 0.15) is 6.33 Å². The number of aliphatic hydroxyl groups excluding tert-OH is 1. The number of fused-ring (bicyclic) bond motifs is 1. The maximum atomic E-state index is 9.95. The summed E-state index contributed by atoms with van der Waals surface area (Å²) in [4.78, 5) is 9.29. The van der Waals surface area contributed by atoms with Gasteiger partial charge in [0.2, 0.25) is 0 Å². The van der Waals surface area contributed by atoms with Crippen LogP contribution in [0.1, 0.15) is 75.4 Å². The molecule has 2 aliphatic rings. The average molecular weight is 381 g/mol. The molecule has 8 nitrogen and oxygen atoms in total. The molecule has 8 heteroatoms. The van der Waals surface area contributed by atoms with Crippen molar-refractivity contribution >= 4 is 17.2 Å². The minimum atomic E-state index is -0.219. The Kier molecular flexibility index (Phi) is 4.72. The first kappa shape index (κ1) is 17.6. The SMILES string of the molecule is O[C@H]1CCC[C@@H](n2cc(Nc3nc(C4CCCCC4)cn4ncnc34)cn2)C1. The molecule has 0 radical (unpaired) electrons. The van der Waals surface area contributed by atoms with Gasteiger partial charge < -0.3 is 10.4 Å². The highest BCUT2D eigenvalue weighted by atomic mass is 16.3. The Morgan fingerprint density at radius 2 is 1.89 bits per heavy atom. The summed E-state index contributed by atoms with van der Waals surface area (Å²) in [6.45, 7) is 0. The van der Waals surface area contributed by atoms with Crippen molar-refractivity contribution in [1.29, 1.82) is 0 Å². The van der Waals surface area contributed by atoms with Crippen LogP contribution in [0.4, 0.5) is 11.5 Å². The second kappa shape index (κ2) is 7.50. The third kappa shape index (κ3) is 3.48. The van der Waals surface area contributed by atoms with Crippen LogP contribution in [0.3, 0.4) is 0 Å². The van der Waals surface area contributed by atoms with E-state index in [-0.39, 0.29) is 12.1 Å². The van der Waals surface area contributed by atoms with E-state index in [9.17, 15) is 5.11 Å². The predicted octanol–water partition coefficient (Wildman–Crippen LogP) is 3.59. The summed E-state index contributed by atoms with van der Waals surface area (Å²) < 4.78 is 3.79. The Balaban J connectivity index is 1.41. The molecule has 0 spiro atoms. The van der Waals surface area contributed by atoms with E-state index in [4.69, 9.17) is 4.98 Å². The van der Waals surface area contributed by atoms with Crippen molar-refractivity contribution in [1.82, 2.24) is 29.4 Å². The highest BCUT2D eigenvalue weighted by molar-refractivity contribution is 5.68. The van der Waals surface area contributed by atoms with Crippen molar-refractivity contribution in [3.63, 3.8) is 0 Å². The van der Waals surface area contributed by atoms with Gasteiger partial charge in [0.15, 0.2) is 11.5 Å². The van der Waals surface area contributed by atoms with Crippen molar-refractivity contribution < 1.29 is 5.11 Å². The zero-order valence-corrected chi connectivity index (χ0v) is 16.0. The quantitative estimate of drug-likeness (QED) is 0.717. The molecule has 0 bridgehead atoms. The molecule has 0 amide bonds. The summed E-state index contributed by atoms with van der Waals surface area (Å²) >= 11 is 0. The Bertz CT molecular complexity index is 943. The molecule has 28 heavy (non-hydrogen) atoms. The second-order valence-corrected chi connectivity index (χ2v) is 8.19. The number of rotatable bonds is 4. The minimum absolute atomic E-state index is 0.219. The molecule has 2 atom stereocenters. The van der Waals surface area contributed by atoms with Crippen LogP contribution in [0, 0.1) is 0 Å². The van der Waals surface area contributed by atoms with E-state index in [1.54, 1.807) is 6.33 Å². The number of aliphatic hydroxyl groups is 1. The number of anilines is 2.